The van der Waals surface area contributed by atoms with Crippen molar-refractivity contribution in [3.05, 3.63) is 47.5 Å². The summed E-state index contributed by atoms with van der Waals surface area (Å²) in [5.41, 5.74) is 2.47. The van der Waals surface area contributed by atoms with Crippen molar-refractivity contribution in [2.45, 2.75) is 50.6 Å². The van der Waals surface area contributed by atoms with E-state index in [-0.39, 0.29) is 5.91 Å². The van der Waals surface area contributed by atoms with E-state index in [0.717, 1.165) is 24.3 Å². The lowest BCUT2D eigenvalue weighted by Crippen LogP contribution is -2.44. The molecule has 3 aliphatic rings. The molecule has 0 N–H and O–H groups in total. The smallest absolute Gasteiger partial charge is 0.254 e. The second-order valence-corrected chi connectivity index (χ2v) is 6.53. The standard InChI is InChI=1S/C18H21NO/c20-18(15-4-2-1-3-5-15)19-16-8-9-17(19)12-14(11-16)10-13-6-7-13/h1-5,10,13,16-17H,6-9,11-12H2. The van der Waals surface area contributed by atoms with Gasteiger partial charge in [0.1, 0.15) is 0 Å². The summed E-state index contributed by atoms with van der Waals surface area (Å²) in [7, 11) is 0. The molecule has 2 atom stereocenters. The Kier molecular flexibility index (Phi) is 2.90. The zero-order valence-electron chi connectivity index (χ0n) is 11.8. The van der Waals surface area contributed by atoms with E-state index in [9.17, 15) is 4.79 Å². The maximum atomic E-state index is 12.7. The van der Waals surface area contributed by atoms with Crippen LogP contribution in [0.3, 0.4) is 0 Å². The average molecular weight is 267 g/mol. The Hall–Kier alpha value is -1.57. The minimum atomic E-state index is 0.239. The molecular formula is C18H21NO. The molecule has 20 heavy (non-hydrogen) atoms. The minimum Gasteiger partial charge on any atom is -0.332 e. The maximum absolute atomic E-state index is 12.7. The Morgan fingerprint density at radius 1 is 1.00 bits per heavy atom. The van der Waals surface area contributed by atoms with Crippen molar-refractivity contribution >= 4 is 5.91 Å². The summed E-state index contributed by atoms with van der Waals surface area (Å²) in [6, 6.07) is 10.7. The molecule has 1 aromatic rings. The Morgan fingerprint density at radius 3 is 2.25 bits per heavy atom. The van der Waals surface area contributed by atoms with Gasteiger partial charge in [0.2, 0.25) is 0 Å². The van der Waals surface area contributed by atoms with Crippen LogP contribution in [0.2, 0.25) is 0 Å². The number of rotatable bonds is 2. The molecular weight excluding hydrogens is 246 g/mol. The van der Waals surface area contributed by atoms with Crippen LogP contribution in [0.4, 0.5) is 0 Å². The maximum Gasteiger partial charge on any atom is 0.254 e. The first-order valence-corrected chi connectivity index (χ1v) is 7.88. The summed E-state index contributed by atoms with van der Waals surface area (Å²) in [4.78, 5) is 14.9. The van der Waals surface area contributed by atoms with Gasteiger partial charge >= 0.3 is 0 Å². The monoisotopic (exact) mass is 267 g/mol. The van der Waals surface area contributed by atoms with Crippen molar-refractivity contribution in [2.75, 3.05) is 0 Å². The van der Waals surface area contributed by atoms with E-state index in [1.165, 1.54) is 25.7 Å². The predicted octanol–water partition coefficient (Wildman–Crippen LogP) is 3.79. The van der Waals surface area contributed by atoms with E-state index >= 15 is 0 Å². The highest BCUT2D eigenvalue weighted by Gasteiger charge is 2.41. The number of allylic oxidation sites excluding steroid dienone is 1. The number of piperidine rings is 1. The fourth-order valence-corrected chi connectivity index (χ4v) is 3.84. The fourth-order valence-electron chi connectivity index (χ4n) is 3.84. The van der Waals surface area contributed by atoms with Crippen LogP contribution in [0, 0.1) is 5.92 Å². The molecule has 2 unspecified atom stereocenters. The van der Waals surface area contributed by atoms with Crippen LogP contribution < -0.4 is 0 Å². The molecule has 3 fully saturated rings. The molecule has 2 nitrogen and oxygen atoms in total. The van der Waals surface area contributed by atoms with Gasteiger partial charge in [-0.3, -0.25) is 4.79 Å². The number of nitrogens with zero attached hydrogens (tertiary/aromatic N) is 1. The quantitative estimate of drug-likeness (QED) is 0.747. The van der Waals surface area contributed by atoms with Crippen molar-refractivity contribution in [1.29, 1.82) is 0 Å². The fraction of sp³-hybridized carbons (Fsp3) is 0.500. The summed E-state index contributed by atoms with van der Waals surface area (Å²) in [5, 5.41) is 0. The Labute approximate surface area is 120 Å². The molecule has 1 saturated carbocycles. The molecule has 0 spiro atoms. The van der Waals surface area contributed by atoms with E-state index in [4.69, 9.17) is 0 Å². The lowest BCUT2D eigenvalue weighted by Gasteiger charge is -2.36. The van der Waals surface area contributed by atoms with E-state index in [1.54, 1.807) is 5.57 Å². The highest BCUT2D eigenvalue weighted by Crippen LogP contribution is 2.41. The molecule has 0 radical (unpaired) electrons. The number of benzene rings is 1. The Bertz CT molecular complexity index is 528. The van der Waals surface area contributed by atoms with Gasteiger partial charge in [0.15, 0.2) is 0 Å². The molecule has 1 aliphatic carbocycles. The summed E-state index contributed by atoms with van der Waals surface area (Å²) in [5.74, 6) is 1.10. The third-order valence-corrected chi connectivity index (χ3v) is 4.96. The third-order valence-electron chi connectivity index (χ3n) is 4.96. The van der Waals surface area contributed by atoms with Gasteiger partial charge in [-0.25, -0.2) is 0 Å². The number of hydrogen-bond acceptors (Lipinski definition) is 1. The van der Waals surface area contributed by atoms with Crippen molar-refractivity contribution in [3.63, 3.8) is 0 Å². The van der Waals surface area contributed by atoms with Crippen molar-refractivity contribution in [3.8, 4) is 0 Å². The molecule has 2 heterocycles. The van der Waals surface area contributed by atoms with Gasteiger partial charge in [-0.05, 0) is 56.6 Å². The highest BCUT2D eigenvalue weighted by atomic mass is 16.2. The van der Waals surface area contributed by atoms with Crippen LogP contribution in [-0.2, 0) is 0 Å². The number of fused-ring (bicyclic) bond motifs is 2. The van der Waals surface area contributed by atoms with E-state index in [1.807, 2.05) is 30.3 Å². The first-order chi connectivity index (χ1) is 9.81. The number of carbonyl (C=O) groups excluding carboxylic acids is 1. The second kappa shape index (κ2) is 4.76. The van der Waals surface area contributed by atoms with Crippen LogP contribution in [0.1, 0.15) is 48.9 Å². The van der Waals surface area contributed by atoms with Crippen LogP contribution >= 0.6 is 0 Å². The van der Waals surface area contributed by atoms with Crippen molar-refractivity contribution in [1.82, 2.24) is 4.90 Å². The summed E-state index contributed by atoms with van der Waals surface area (Å²) in [6.07, 6.45) is 9.88. The highest BCUT2D eigenvalue weighted by molar-refractivity contribution is 5.95. The normalized spacial score (nSPS) is 28.6. The van der Waals surface area contributed by atoms with Crippen LogP contribution in [-0.4, -0.2) is 22.9 Å². The van der Waals surface area contributed by atoms with Gasteiger partial charge in [-0.2, -0.15) is 0 Å². The lowest BCUT2D eigenvalue weighted by atomic mass is 9.94. The zero-order chi connectivity index (χ0) is 13.5. The summed E-state index contributed by atoms with van der Waals surface area (Å²) in [6.45, 7) is 0. The van der Waals surface area contributed by atoms with E-state index in [0.29, 0.717) is 12.1 Å². The molecule has 0 aromatic heterocycles. The van der Waals surface area contributed by atoms with Gasteiger partial charge in [0.25, 0.3) is 5.91 Å². The zero-order valence-corrected chi connectivity index (χ0v) is 11.8. The number of carbonyl (C=O) groups is 1. The number of amides is 1. The van der Waals surface area contributed by atoms with Gasteiger partial charge < -0.3 is 4.90 Å². The summed E-state index contributed by atoms with van der Waals surface area (Å²) < 4.78 is 0. The molecule has 2 saturated heterocycles. The SMILES string of the molecule is O=C(c1ccccc1)N1C2CCC1CC(=CC1CC1)C2. The van der Waals surface area contributed by atoms with Gasteiger partial charge in [-0.15, -0.1) is 0 Å². The minimum absolute atomic E-state index is 0.239. The van der Waals surface area contributed by atoms with Gasteiger partial charge in [0.05, 0.1) is 0 Å². The Morgan fingerprint density at radius 2 is 1.65 bits per heavy atom. The predicted molar refractivity (Wildman–Crippen MR) is 79.5 cm³/mol. The first-order valence-electron chi connectivity index (χ1n) is 7.88. The number of hydrogen-bond donors (Lipinski definition) is 0. The molecule has 4 rings (SSSR count). The van der Waals surface area contributed by atoms with E-state index < -0.39 is 0 Å². The molecule has 104 valence electrons. The molecule has 1 amide bonds. The second-order valence-electron chi connectivity index (χ2n) is 6.53. The Balaban J connectivity index is 1.54. The topological polar surface area (TPSA) is 20.3 Å². The van der Waals surface area contributed by atoms with Crippen LogP contribution in [0.15, 0.2) is 42.0 Å². The van der Waals surface area contributed by atoms with E-state index in [2.05, 4.69) is 11.0 Å². The van der Waals surface area contributed by atoms with Crippen LogP contribution in [0.5, 0.6) is 0 Å². The average Bonchev–Trinajstić information content (AvgIpc) is 3.24. The first kappa shape index (κ1) is 12.2. The largest absolute Gasteiger partial charge is 0.332 e. The lowest BCUT2D eigenvalue weighted by molar-refractivity contribution is 0.0634. The molecule has 2 aliphatic heterocycles. The van der Waals surface area contributed by atoms with Gasteiger partial charge in [-0.1, -0.05) is 29.8 Å². The molecule has 2 bridgehead atoms. The third kappa shape index (κ3) is 2.17. The van der Waals surface area contributed by atoms with Crippen molar-refractivity contribution < 1.29 is 4.79 Å². The van der Waals surface area contributed by atoms with Gasteiger partial charge in [0, 0.05) is 17.6 Å². The molecule has 2 heteroatoms. The summed E-state index contributed by atoms with van der Waals surface area (Å²) >= 11 is 0. The van der Waals surface area contributed by atoms with Crippen LogP contribution in [0.25, 0.3) is 0 Å². The molecule has 1 aromatic carbocycles. The van der Waals surface area contributed by atoms with Crippen molar-refractivity contribution in [2.24, 2.45) is 5.92 Å².